The van der Waals surface area contributed by atoms with Gasteiger partial charge < -0.3 is 20.3 Å². The molecule has 1 aromatic heterocycles. The van der Waals surface area contributed by atoms with Gasteiger partial charge >= 0.3 is 0 Å². The van der Waals surface area contributed by atoms with Crippen LogP contribution in [0.5, 0.6) is 0 Å². The van der Waals surface area contributed by atoms with E-state index >= 15 is 0 Å². The van der Waals surface area contributed by atoms with Crippen LogP contribution >= 0.6 is 0 Å². The summed E-state index contributed by atoms with van der Waals surface area (Å²) in [6.45, 7) is 7.04. The highest BCUT2D eigenvalue weighted by Gasteiger charge is 2.15. The van der Waals surface area contributed by atoms with Crippen LogP contribution in [0.25, 0.3) is 0 Å². The van der Waals surface area contributed by atoms with E-state index in [1.54, 1.807) is 0 Å². The van der Waals surface area contributed by atoms with Crippen LogP contribution in [-0.4, -0.2) is 50.3 Å². The Bertz CT molecular complexity index is 532. The second kappa shape index (κ2) is 8.90. The van der Waals surface area contributed by atoms with E-state index in [2.05, 4.69) is 37.5 Å². The molecule has 22 heavy (non-hydrogen) atoms. The highest BCUT2D eigenvalue weighted by Crippen LogP contribution is 2.19. The van der Waals surface area contributed by atoms with Crippen LogP contribution in [0, 0.1) is 12.3 Å². The fraction of sp³-hybridized carbons (Fsp3) is 0.500. The molecule has 0 atom stereocenters. The monoisotopic (exact) mass is 301 g/mol. The molecule has 1 aliphatic rings. The Morgan fingerprint density at radius 1 is 1.45 bits per heavy atom. The fourth-order valence-electron chi connectivity index (χ4n) is 2.25. The second-order valence-corrected chi connectivity index (χ2v) is 4.84. The van der Waals surface area contributed by atoms with Gasteiger partial charge in [-0.25, -0.2) is 9.98 Å². The molecule has 0 spiro atoms. The van der Waals surface area contributed by atoms with Gasteiger partial charge in [-0.1, -0.05) is 12.0 Å². The van der Waals surface area contributed by atoms with Crippen LogP contribution in [0.1, 0.15) is 12.5 Å². The van der Waals surface area contributed by atoms with E-state index in [4.69, 9.17) is 11.2 Å². The SMILES string of the molecule is C#CCNC(=NCc1cccnc1N1CCOCC1)NCC. The highest BCUT2D eigenvalue weighted by atomic mass is 16.5. The molecule has 1 saturated heterocycles. The van der Waals surface area contributed by atoms with Gasteiger partial charge in [0, 0.05) is 31.4 Å². The van der Waals surface area contributed by atoms with Crippen LogP contribution < -0.4 is 15.5 Å². The minimum Gasteiger partial charge on any atom is -0.378 e. The maximum atomic E-state index is 5.40. The van der Waals surface area contributed by atoms with Crippen molar-refractivity contribution in [3.63, 3.8) is 0 Å². The van der Waals surface area contributed by atoms with Gasteiger partial charge in [-0.2, -0.15) is 0 Å². The molecule has 0 aromatic carbocycles. The average molecular weight is 301 g/mol. The molecule has 1 aromatic rings. The Morgan fingerprint density at radius 3 is 3.00 bits per heavy atom. The van der Waals surface area contributed by atoms with Crippen molar-refractivity contribution in [2.45, 2.75) is 13.5 Å². The van der Waals surface area contributed by atoms with Crippen LogP contribution in [0.2, 0.25) is 0 Å². The van der Waals surface area contributed by atoms with Crippen molar-refractivity contribution in [2.24, 2.45) is 4.99 Å². The summed E-state index contributed by atoms with van der Waals surface area (Å²) >= 11 is 0. The van der Waals surface area contributed by atoms with E-state index < -0.39 is 0 Å². The number of pyridine rings is 1. The van der Waals surface area contributed by atoms with E-state index in [0.29, 0.717) is 13.1 Å². The predicted octanol–water partition coefficient (Wildman–Crippen LogP) is 0.607. The lowest BCUT2D eigenvalue weighted by Crippen LogP contribution is -2.38. The van der Waals surface area contributed by atoms with Crippen molar-refractivity contribution >= 4 is 11.8 Å². The molecular weight excluding hydrogens is 278 g/mol. The zero-order valence-corrected chi connectivity index (χ0v) is 13.0. The Balaban J connectivity index is 2.09. The van der Waals surface area contributed by atoms with Gasteiger partial charge in [0.2, 0.25) is 0 Å². The smallest absolute Gasteiger partial charge is 0.192 e. The molecule has 0 bridgehead atoms. The first-order chi connectivity index (χ1) is 10.8. The first-order valence-corrected chi connectivity index (χ1v) is 7.57. The van der Waals surface area contributed by atoms with Gasteiger partial charge in [-0.3, -0.25) is 0 Å². The number of hydrogen-bond donors (Lipinski definition) is 2. The number of ether oxygens (including phenoxy) is 1. The Hall–Kier alpha value is -2.26. The topological polar surface area (TPSA) is 61.8 Å². The molecular formula is C16H23N5O. The quantitative estimate of drug-likeness (QED) is 0.474. The number of morpholine rings is 1. The van der Waals surface area contributed by atoms with Crippen molar-refractivity contribution in [3.8, 4) is 12.3 Å². The predicted molar refractivity (Wildman–Crippen MR) is 88.9 cm³/mol. The van der Waals surface area contributed by atoms with Gasteiger partial charge in [0.05, 0.1) is 26.3 Å². The summed E-state index contributed by atoms with van der Waals surface area (Å²) in [6, 6.07) is 4.00. The van der Waals surface area contributed by atoms with E-state index in [1.165, 1.54) is 0 Å². The minimum atomic E-state index is 0.454. The maximum Gasteiger partial charge on any atom is 0.192 e. The van der Waals surface area contributed by atoms with Gasteiger partial charge in [-0.05, 0) is 13.0 Å². The molecule has 2 rings (SSSR count). The zero-order chi connectivity index (χ0) is 15.6. The average Bonchev–Trinajstić information content (AvgIpc) is 2.58. The molecule has 6 heteroatoms. The largest absolute Gasteiger partial charge is 0.378 e. The van der Waals surface area contributed by atoms with E-state index in [1.807, 2.05) is 19.2 Å². The first kappa shape index (κ1) is 16.1. The number of terminal acetylenes is 1. The standard InChI is InChI=1S/C16H23N5O/c1-3-7-19-16(17-4-2)20-13-14-6-5-8-18-15(14)21-9-11-22-12-10-21/h1,5-6,8H,4,7,9-13H2,2H3,(H2,17,19,20). The summed E-state index contributed by atoms with van der Waals surface area (Å²) < 4.78 is 5.40. The number of aliphatic imine (C=N–C) groups is 1. The van der Waals surface area contributed by atoms with Gasteiger partial charge in [0.15, 0.2) is 5.96 Å². The lowest BCUT2D eigenvalue weighted by atomic mass is 10.2. The molecule has 118 valence electrons. The van der Waals surface area contributed by atoms with Gasteiger partial charge in [0.1, 0.15) is 5.82 Å². The first-order valence-electron chi connectivity index (χ1n) is 7.57. The van der Waals surface area contributed by atoms with E-state index in [-0.39, 0.29) is 0 Å². The van der Waals surface area contributed by atoms with Crippen LogP contribution in [-0.2, 0) is 11.3 Å². The molecule has 0 saturated carbocycles. The van der Waals surface area contributed by atoms with Crippen molar-refractivity contribution in [3.05, 3.63) is 23.9 Å². The Morgan fingerprint density at radius 2 is 2.27 bits per heavy atom. The van der Waals surface area contributed by atoms with Gasteiger partial charge in [0.25, 0.3) is 0 Å². The fourth-order valence-corrected chi connectivity index (χ4v) is 2.25. The number of nitrogens with zero attached hydrogens (tertiary/aromatic N) is 3. The second-order valence-electron chi connectivity index (χ2n) is 4.84. The molecule has 0 unspecified atom stereocenters. The minimum absolute atomic E-state index is 0.454. The summed E-state index contributed by atoms with van der Waals surface area (Å²) in [5.41, 5.74) is 1.10. The van der Waals surface area contributed by atoms with Crippen molar-refractivity contribution in [1.29, 1.82) is 0 Å². The normalized spacial score (nSPS) is 15.3. The zero-order valence-electron chi connectivity index (χ0n) is 13.0. The summed E-state index contributed by atoms with van der Waals surface area (Å²) in [6.07, 6.45) is 7.10. The summed E-state index contributed by atoms with van der Waals surface area (Å²) in [4.78, 5) is 11.3. The molecule has 1 aliphatic heterocycles. The summed E-state index contributed by atoms with van der Waals surface area (Å²) in [7, 11) is 0. The molecule has 0 radical (unpaired) electrons. The van der Waals surface area contributed by atoms with Crippen LogP contribution in [0.15, 0.2) is 23.3 Å². The molecule has 0 aliphatic carbocycles. The summed E-state index contributed by atoms with van der Waals surface area (Å²) in [5, 5.41) is 6.26. The molecule has 0 amide bonds. The van der Waals surface area contributed by atoms with Crippen LogP contribution in [0.3, 0.4) is 0 Å². The number of aromatic nitrogens is 1. The third-order valence-corrected chi connectivity index (χ3v) is 3.29. The number of guanidine groups is 1. The van der Waals surface area contributed by atoms with Crippen molar-refractivity contribution in [2.75, 3.05) is 44.3 Å². The number of nitrogens with one attached hydrogen (secondary N) is 2. The Labute approximate surface area is 132 Å². The summed E-state index contributed by atoms with van der Waals surface area (Å²) in [5.74, 6) is 4.26. The maximum absolute atomic E-state index is 5.40. The van der Waals surface area contributed by atoms with Crippen LogP contribution in [0.4, 0.5) is 5.82 Å². The molecule has 6 nitrogen and oxygen atoms in total. The lowest BCUT2D eigenvalue weighted by Gasteiger charge is -2.29. The van der Waals surface area contributed by atoms with Crippen molar-refractivity contribution < 1.29 is 4.74 Å². The van der Waals surface area contributed by atoms with E-state index in [0.717, 1.165) is 50.2 Å². The molecule has 2 N–H and O–H groups in total. The lowest BCUT2D eigenvalue weighted by molar-refractivity contribution is 0.122. The molecule has 2 heterocycles. The van der Waals surface area contributed by atoms with Gasteiger partial charge in [-0.15, -0.1) is 6.42 Å². The third-order valence-electron chi connectivity index (χ3n) is 3.29. The Kier molecular flexibility index (Phi) is 6.52. The number of hydrogen-bond acceptors (Lipinski definition) is 4. The highest BCUT2D eigenvalue weighted by molar-refractivity contribution is 5.80. The number of rotatable bonds is 5. The number of anilines is 1. The van der Waals surface area contributed by atoms with Crippen molar-refractivity contribution in [1.82, 2.24) is 15.6 Å². The van der Waals surface area contributed by atoms with E-state index in [9.17, 15) is 0 Å². The third kappa shape index (κ3) is 4.64. The molecule has 1 fully saturated rings.